The summed E-state index contributed by atoms with van der Waals surface area (Å²) in [4.78, 5) is 6.72. The van der Waals surface area contributed by atoms with Gasteiger partial charge in [0, 0.05) is 24.2 Å². The molecule has 0 bridgehead atoms. The summed E-state index contributed by atoms with van der Waals surface area (Å²) in [5.41, 5.74) is 1.10. The van der Waals surface area contributed by atoms with Crippen molar-refractivity contribution < 1.29 is 0 Å². The fourth-order valence-corrected chi connectivity index (χ4v) is 2.45. The van der Waals surface area contributed by atoms with Crippen molar-refractivity contribution in [2.24, 2.45) is 0 Å². The molecule has 0 N–H and O–H groups in total. The number of aryl methyl sites for hydroxylation is 2. The first-order valence-electron chi connectivity index (χ1n) is 5.59. The Hall–Kier alpha value is -1.27. The summed E-state index contributed by atoms with van der Waals surface area (Å²) in [5, 5.41) is 11.1. The number of thiazole rings is 1. The van der Waals surface area contributed by atoms with E-state index in [0.29, 0.717) is 0 Å². The van der Waals surface area contributed by atoms with Crippen LogP contribution in [0.3, 0.4) is 0 Å². The zero-order valence-electron chi connectivity index (χ0n) is 10.4. The zero-order valence-corrected chi connectivity index (χ0v) is 11.2. The van der Waals surface area contributed by atoms with Gasteiger partial charge in [-0.05, 0) is 20.9 Å². The minimum absolute atomic E-state index is 0.902. The van der Waals surface area contributed by atoms with Gasteiger partial charge in [-0.15, -0.1) is 21.5 Å². The minimum Gasteiger partial charge on any atom is -0.317 e. The van der Waals surface area contributed by atoms with E-state index in [9.17, 15) is 0 Å². The molecule has 5 nitrogen and oxygen atoms in total. The van der Waals surface area contributed by atoms with Crippen molar-refractivity contribution in [2.75, 3.05) is 13.6 Å². The first-order chi connectivity index (χ1) is 8.15. The van der Waals surface area contributed by atoms with Gasteiger partial charge in [-0.25, -0.2) is 4.98 Å². The average Bonchev–Trinajstić information content (AvgIpc) is 2.85. The van der Waals surface area contributed by atoms with Crippen molar-refractivity contribution in [3.05, 3.63) is 28.2 Å². The maximum Gasteiger partial charge on any atom is 0.129 e. The molecule has 92 valence electrons. The lowest BCUT2D eigenvalue weighted by Gasteiger charge is -2.15. The topological polar surface area (TPSA) is 46.8 Å². The van der Waals surface area contributed by atoms with Gasteiger partial charge in [-0.2, -0.15) is 0 Å². The molecule has 0 saturated heterocycles. The highest BCUT2D eigenvalue weighted by Gasteiger charge is 2.05. The molecule has 2 heterocycles. The van der Waals surface area contributed by atoms with E-state index in [1.807, 2.05) is 13.8 Å². The molecule has 0 aliphatic heterocycles. The first-order valence-corrected chi connectivity index (χ1v) is 6.47. The van der Waals surface area contributed by atoms with Crippen LogP contribution >= 0.6 is 11.3 Å². The quantitative estimate of drug-likeness (QED) is 0.807. The van der Waals surface area contributed by atoms with Crippen molar-refractivity contribution in [1.29, 1.82) is 0 Å². The second kappa shape index (κ2) is 5.37. The normalized spacial score (nSPS) is 11.3. The number of aromatic nitrogens is 4. The van der Waals surface area contributed by atoms with Gasteiger partial charge < -0.3 is 4.57 Å². The minimum atomic E-state index is 0.902. The Kier molecular flexibility index (Phi) is 3.86. The molecule has 2 aromatic heterocycles. The largest absolute Gasteiger partial charge is 0.317 e. The Morgan fingerprint density at radius 3 is 2.82 bits per heavy atom. The van der Waals surface area contributed by atoms with Gasteiger partial charge in [0.1, 0.15) is 17.2 Å². The van der Waals surface area contributed by atoms with Crippen LogP contribution in [0.1, 0.15) is 16.5 Å². The van der Waals surface area contributed by atoms with Gasteiger partial charge in [0.2, 0.25) is 0 Å². The molecular weight excluding hydrogens is 234 g/mol. The Balaban J connectivity index is 1.82. The summed E-state index contributed by atoms with van der Waals surface area (Å²) in [6, 6.07) is 0. The van der Waals surface area contributed by atoms with Crippen LogP contribution in [0.5, 0.6) is 0 Å². The van der Waals surface area contributed by atoms with Crippen LogP contribution in [0.2, 0.25) is 0 Å². The number of nitrogens with zero attached hydrogens (tertiary/aromatic N) is 5. The lowest BCUT2D eigenvalue weighted by Crippen LogP contribution is -2.23. The highest BCUT2D eigenvalue weighted by molar-refractivity contribution is 7.09. The van der Waals surface area contributed by atoms with Gasteiger partial charge in [0.05, 0.1) is 6.54 Å². The Morgan fingerprint density at radius 1 is 1.41 bits per heavy atom. The van der Waals surface area contributed by atoms with Crippen molar-refractivity contribution in [3.8, 4) is 0 Å². The summed E-state index contributed by atoms with van der Waals surface area (Å²) in [7, 11) is 2.11. The fourth-order valence-electron chi connectivity index (χ4n) is 1.60. The van der Waals surface area contributed by atoms with Gasteiger partial charge >= 0.3 is 0 Å². The van der Waals surface area contributed by atoms with Crippen LogP contribution in [0.4, 0.5) is 0 Å². The van der Waals surface area contributed by atoms with E-state index in [4.69, 9.17) is 0 Å². The zero-order chi connectivity index (χ0) is 12.3. The summed E-state index contributed by atoms with van der Waals surface area (Å²) < 4.78 is 2.06. The van der Waals surface area contributed by atoms with Crippen LogP contribution in [0.25, 0.3) is 0 Å². The fraction of sp³-hybridized carbons (Fsp3) is 0.545. The summed E-state index contributed by atoms with van der Waals surface area (Å²) >= 11 is 1.72. The highest BCUT2D eigenvalue weighted by Crippen LogP contribution is 2.10. The molecule has 0 fully saturated rings. The molecule has 6 heteroatoms. The number of hydrogen-bond acceptors (Lipinski definition) is 5. The molecular formula is C11H17N5S. The Bertz CT molecular complexity index is 476. The monoisotopic (exact) mass is 251 g/mol. The molecule has 0 spiro atoms. The maximum atomic E-state index is 4.46. The van der Waals surface area contributed by atoms with Gasteiger partial charge in [-0.3, -0.25) is 4.90 Å². The predicted octanol–water partition coefficient (Wildman–Crippen LogP) is 1.48. The van der Waals surface area contributed by atoms with E-state index < -0.39 is 0 Å². The summed E-state index contributed by atoms with van der Waals surface area (Å²) in [5.74, 6) is 0.962. The Labute approximate surface area is 105 Å². The van der Waals surface area contributed by atoms with Crippen molar-refractivity contribution in [3.63, 3.8) is 0 Å². The molecule has 0 aromatic carbocycles. The second-order valence-corrected chi connectivity index (χ2v) is 5.13. The second-order valence-electron chi connectivity index (χ2n) is 4.19. The Morgan fingerprint density at radius 2 is 2.24 bits per heavy atom. The molecule has 0 atom stereocenters. The number of rotatable bonds is 5. The van der Waals surface area contributed by atoms with Gasteiger partial charge in [0.25, 0.3) is 0 Å². The molecule has 2 aromatic rings. The van der Waals surface area contributed by atoms with Crippen LogP contribution < -0.4 is 0 Å². The standard InChI is InChI=1S/C11H17N5S/c1-9-7-17-11(13-9)6-15(3)4-5-16-8-12-14-10(16)2/h7-8H,4-6H2,1-3H3. The molecule has 17 heavy (non-hydrogen) atoms. The molecule has 0 aliphatic rings. The van der Waals surface area contributed by atoms with E-state index in [-0.39, 0.29) is 0 Å². The van der Waals surface area contributed by atoms with Gasteiger partial charge in [0.15, 0.2) is 0 Å². The third-order valence-electron chi connectivity index (χ3n) is 2.60. The van der Waals surface area contributed by atoms with E-state index in [1.165, 1.54) is 5.01 Å². The summed E-state index contributed by atoms with van der Waals surface area (Å²) in [6.45, 7) is 6.79. The van der Waals surface area contributed by atoms with E-state index in [0.717, 1.165) is 31.2 Å². The van der Waals surface area contributed by atoms with Crippen LogP contribution in [-0.2, 0) is 13.1 Å². The van der Waals surface area contributed by atoms with E-state index >= 15 is 0 Å². The average molecular weight is 251 g/mol. The number of hydrogen-bond donors (Lipinski definition) is 0. The third kappa shape index (κ3) is 3.34. The van der Waals surface area contributed by atoms with Crippen molar-refractivity contribution >= 4 is 11.3 Å². The molecule has 2 rings (SSSR count). The predicted molar refractivity (Wildman–Crippen MR) is 67.9 cm³/mol. The van der Waals surface area contributed by atoms with Gasteiger partial charge in [-0.1, -0.05) is 0 Å². The lowest BCUT2D eigenvalue weighted by atomic mass is 10.5. The van der Waals surface area contributed by atoms with Crippen LogP contribution in [0, 0.1) is 13.8 Å². The van der Waals surface area contributed by atoms with Crippen LogP contribution in [-0.4, -0.2) is 38.2 Å². The highest BCUT2D eigenvalue weighted by atomic mass is 32.1. The molecule has 0 saturated carbocycles. The van der Waals surface area contributed by atoms with Crippen molar-refractivity contribution in [1.82, 2.24) is 24.6 Å². The molecule has 0 unspecified atom stereocenters. The molecule has 0 amide bonds. The SMILES string of the molecule is Cc1csc(CN(C)CCn2cnnc2C)n1. The molecule has 0 radical (unpaired) electrons. The summed E-state index contributed by atoms with van der Waals surface area (Å²) in [6.07, 6.45) is 1.77. The maximum absolute atomic E-state index is 4.46. The van der Waals surface area contributed by atoms with Crippen molar-refractivity contribution in [2.45, 2.75) is 26.9 Å². The van der Waals surface area contributed by atoms with Crippen LogP contribution in [0.15, 0.2) is 11.7 Å². The van der Waals surface area contributed by atoms with E-state index in [1.54, 1.807) is 17.7 Å². The smallest absolute Gasteiger partial charge is 0.129 e. The first kappa shape index (κ1) is 12.2. The lowest BCUT2D eigenvalue weighted by molar-refractivity contribution is 0.309. The number of likely N-dealkylation sites (N-methyl/N-ethyl adjacent to an activating group) is 1. The molecule has 0 aliphatic carbocycles. The van der Waals surface area contributed by atoms with E-state index in [2.05, 4.69) is 37.1 Å². The third-order valence-corrected chi connectivity index (χ3v) is 3.55.